The van der Waals surface area contributed by atoms with Crippen LogP contribution in [-0.2, 0) is 13.0 Å². The molecule has 4 N–H and O–H groups in total. The number of fused-ring (bicyclic) bond motifs is 1. The molecule has 1 aliphatic rings. The Morgan fingerprint density at radius 3 is 2.68 bits per heavy atom. The molecule has 1 aliphatic carbocycles. The Labute approximate surface area is 200 Å². The summed E-state index contributed by atoms with van der Waals surface area (Å²) >= 11 is 0. The molecule has 1 fully saturated rings. The average Bonchev–Trinajstić information content (AvgIpc) is 3.53. The zero-order valence-corrected chi connectivity index (χ0v) is 19.3. The molecule has 5 heteroatoms. The van der Waals surface area contributed by atoms with Crippen molar-refractivity contribution in [2.45, 2.75) is 31.7 Å². The lowest BCUT2D eigenvalue weighted by atomic mass is 10.1. The van der Waals surface area contributed by atoms with E-state index in [0.717, 1.165) is 41.4 Å². The second-order valence-electron chi connectivity index (χ2n) is 9.19. The lowest BCUT2D eigenvalue weighted by Crippen LogP contribution is -2.27. The van der Waals surface area contributed by atoms with Gasteiger partial charge in [-0.15, -0.1) is 0 Å². The van der Waals surface area contributed by atoms with Crippen molar-refractivity contribution in [2.24, 2.45) is 5.92 Å². The zero-order valence-electron chi connectivity index (χ0n) is 19.3. The minimum atomic E-state index is 0.00532. The lowest BCUT2D eigenvalue weighted by Gasteiger charge is -2.11. The van der Waals surface area contributed by atoms with Gasteiger partial charge in [0.25, 0.3) is 5.91 Å². The highest BCUT2D eigenvalue weighted by Crippen LogP contribution is 2.49. The van der Waals surface area contributed by atoms with Gasteiger partial charge in [0.05, 0.1) is 0 Å². The number of aromatic nitrogens is 1. The van der Waals surface area contributed by atoms with E-state index < -0.39 is 0 Å². The highest BCUT2D eigenvalue weighted by Gasteiger charge is 2.37. The first kappa shape index (κ1) is 22.2. The van der Waals surface area contributed by atoms with Gasteiger partial charge in [-0.2, -0.15) is 0 Å². The molecule has 1 amide bonds. The number of carbonyl (C=O) groups excluding carboxylic acids is 1. The standard InChI is InChI=1S/C29H31N3O2/c33-24-10-11-25-23(19-32-28(25)17-24)12-14-30-18-22-8-4-5-9-26(22)29(34)31-15-13-21-16-27(21)20-6-2-1-3-7-20/h1-11,17,19,21,27,30,32-33H,12-16,18H2,(H,31,34). The third-order valence-corrected chi connectivity index (χ3v) is 6.85. The smallest absolute Gasteiger partial charge is 0.251 e. The van der Waals surface area contributed by atoms with Crippen molar-refractivity contribution in [3.8, 4) is 5.75 Å². The molecule has 1 aromatic heterocycles. The fraction of sp³-hybridized carbons (Fsp3) is 0.276. The van der Waals surface area contributed by atoms with Gasteiger partial charge in [0, 0.05) is 41.8 Å². The van der Waals surface area contributed by atoms with Crippen LogP contribution in [0.1, 0.15) is 45.8 Å². The Morgan fingerprint density at radius 2 is 1.79 bits per heavy atom. The topological polar surface area (TPSA) is 77.2 Å². The summed E-state index contributed by atoms with van der Waals surface area (Å²) in [4.78, 5) is 16.1. The maximum absolute atomic E-state index is 12.8. The summed E-state index contributed by atoms with van der Waals surface area (Å²) in [7, 11) is 0. The number of benzene rings is 3. The van der Waals surface area contributed by atoms with Crippen LogP contribution in [0.25, 0.3) is 10.9 Å². The third-order valence-electron chi connectivity index (χ3n) is 6.85. The summed E-state index contributed by atoms with van der Waals surface area (Å²) in [5.41, 5.74) is 5.33. The second kappa shape index (κ2) is 10.1. The van der Waals surface area contributed by atoms with Crippen LogP contribution in [0.3, 0.4) is 0 Å². The maximum atomic E-state index is 12.8. The number of hydrogen-bond acceptors (Lipinski definition) is 3. The van der Waals surface area contributed by atoms with Crippen LogP contribution >= 0.6 is 0 Å². The van der Waals surface area contributed by atoms with Crippen molar-refractivity contribution in [1.82, 2.24) is 15.6 Å². The first-order valence-electron chi connectivity index (χ1n) is 12.1. The Bertz CT molecular complexity index is 1260. The molecule has 34 heavy (non-hydrogen) atoms. The van der Waals surface area contributed by atoms with Crippen LogP contribution in [0, 0.1) is 5.92 Å². The normalized spacial score (nSPS) is 17.1. The van der Waals surface area contributed by atoms with Crippen LogP contribution in [0.5, 0.6) is 5.75 Å². The largest absolute Gasteiger partial charge is 0.508 e. The fourth-order valence-electron chi connectivity index (χ4n) is 4.86. The third kappa shape index (κ3) is 5.15. The molecule has 0 bridgehead atoms. The molecular formula is C29H31N3O2. The van der Waals surface area contributed by atoms with Crippen LogP contribution in [0.2, 0.25) is 0 Å². The highest BCUT2D eigenvalue weighted by atomic mass is 16.3. The first-order chi connectivity index (χ1) is 16.7. The van der Waals surface area contributed by atoms with Gasteiger partial charge in [-0.3, -0.25) is 4.79 Å². The van der Waals surface area contributed by atoms with Crippen molar-refractivity contribution < 1.29 is 9.90 Å². The first-order valence-corrected chi connectivity index (χ1v) is 12.1. The number of rotatable bonds is 10. The number of amides is 1. The van der Waals surface area contributed by atoms with E-state index in [1.807, 2.05) is 36.5 Å². The number of aromatic hydroxyl groups is 1. The summed E-state index contributed by atoms with van der Waals surface area (Å²) in [5.74, 6) is 1.60. The molecule has 0 spiro atoms. The molecule has 2 atom stereocenters. The van der Waals surface area contributed by atoms with Gasteiger partial charge in [0.15, 0.2) is 0 Å². The SMILES string of the molecule is O=C(NCCC1CC1c1ccccc1)c1ccccc1CNCCc1c[nH]c2cc(O)ccc12. The van der Waals surface area contributed by atoms with Gasteiger partial charge in [0.1, 0.15) is 5.75 Å². The Balaban J connectivity index is 1.09. The fourth-order valence-corrected chi connectivity index (χ4v) is 4.86. The Hall–Kier alpha value is -3.57. The second-order valence-corrected chi connectivity index (χ2v) is 9.19. The van der Waals surface area contributed by atoms with E-state index in [4.69, 9.17) is 0 Å². The molecule has 2 unspecified atom stereocenters. The summed E-state index contributed by atoms with van der Waals surface area (Å²) in [6.45, 7) is 2.16. The van der Waals surface area contributed by atoms with Gasteiger partial charge >= 0.3 is 0 Å². The van der Waals surface area contributed by atoms with Crippen LogP contribution < -0.4 is 10.6 Å². The molecule has 0 saturated heterocycles. The molecule has 3 aromatic carbocycles. The van der Waals surface area contributed by atoms with E-state index >= 15 is 0 Å². The van der Waals surface area contributed by atoms with Crippen LogP contribution in [-0.4, -0.2) is 29.1 Å². The predicted molar refractivity (Wildman–Crippen MR) is 136 cm³/mol. The predicted octanol–water partition coefficient (Wildman–Crippen LogP) is 5.13. The van der Waals surface area contributed by atoms with Crippen molar-refractivity contribution in [3.05, 3.63) is 101 Å². The molecule has 174 valence electrons. The average molecular weight is 454 g/mol. The Morgan fingerprint density at radius 1 is 0.971 bits per heavy atom. The number of hydrogen-bond donors (Lipinski definition) is 4. The minimum absolute atomic E-state index is 0.00532. The molecule has 0 aliphatic heterocycles. The van der Waals surface area contributed by atoms with Gasteiger partial charge in [-0.1, -0.05) is 48.5 Å². The van der Waals surface area contributed by atoms with Crippen molar-refractivity contribution in [3.63, 3.8) is 0 Å². The monoisotopic (exact) mass is 453 g/mol. The van der Waals surface area contributed by atoms with Crippen molar-refractivity contribution in [2.75, 3.05) is 13.1 Å². The van der Waals surface area contributed by atoms with E-state index in [1.165, 1.54) is 17.5 Å². The number of phenolic OH excluding ortho intramolecular Hbond substituents is 1. The summed E-state index contributed by atoms with van der Waals surface area (Å²) < 4.78 is 0. The number of H-pyrrole nitrogens is 1. The summed E-state index contributed by atoms with van der Waals surface area (Å²) in [6.07, 6.45) is 5.10. The number of phenols is 1. The minimum Gasteiger partial charge on any atom is -0.508 e. The molecule has 0 radical (unpaired) electrons. The van der Waals surface area contributed by atoms with E-state index in [2.05, 4.69) is 45.9 Å². The van der Waals surface area contributed by atoms with Gasteiger partial charge in [-0.05, 0) is 72.5 Å². The zero-order chi connectivity index (χ0) is 23.3. The summed E-state index contributed by atoms with van der Waals surface area (Å²) in [5, 5.41) is 17.4. The lowest BCUT2D eigenvalue weighted by molar-refractivity contribution is 0.0951. The Kier molecular flexibility index (Phi) is 6.63. The van der Waals surface area contributed by atoms with Gasteiger partial charge in [0.2, 0.25) is 0 Å². The summed E-state index contributed by atoms with van der Waals surface area (Å²) in [6, 6.07) is 23.9. The molecule has 4 aromatic rings. The number of aromatic amines is 1. The van der Waals surface area contributed by atoms with E-state index in [1.54, 1.807) is 12.1 Å². The highest BCUT2D eigenvalue weighted by molar-refractivity contribution is 5.95. The van der Waals surface area contributed by atoms with E-state index in [0.29, 0.717) is 24.9 Å². The van der Waals surface area contributed by atoms with Crippen LogP contribution in [0.15, 0.2) is 79.0 Å². The quantitative estimate of drug-likeness (QED) is 0.252. The molecule has 1 saturated carbocycles. The van der Waals surface area contributed by atoms with Gasteiger partial charge < -0.3 is 20.7 Å². The molecular weight excluding hydrogens is 422 g/mol. The molecule has 5 nitrogen and oxygen atoms in total. The van der Waals surface area contributed by atoms with Crippen molar-refractivity contribution >= 4 is 16.8 Å². The maximum Gasteiger partial charge on any atom is 0.251 e. The number of nitrogens with one attached hydrogen (secondary N) is 3. The molecule has 1 heterocycles. The van der Waals surface area contributed by atoms with E-state index in [9.17, 15) is 9.90 Å². The molecule has 5 rings (SSSR count). The number of carbonyl (C=O) groups is 1. The van der Waals surface area contributed by atoms with Crippen molar-refractivity contribution in [1.29, 1.82) is 0 Å². The van der Waals surface area contributed by atoms with Gasteiger partial charge in [-0.25, -0.2) is 0 Å². The van der Waals surface area contributed by atoms with Crippen LogP contribution in [0.4, 0.5) is 0 Å². The van der Waals surface area contributed by atoms with E-state index in [-0.39, 0.29) is 11.7 Å².